The largest absolute Gasteiger partial charge is 0.350 e. The lowest BCUT2D eigenvalue weighted by Gasteiger charge is -2.06. The number of rotatable bonds is 1. The highest BCUT2D eigenvalue weighted by Gasteiger charge is 2.16. The van der Waals surface area contributed by atoms with E-state index in [1.54, 1.807) is 0 Å². The van der Waals surface area contributed by atoms with Crippen molar-refractivity contribution < 1.29 is 9.79 Å². The first kappa shape index (κ1) is 6.21. The van der Waals surface area contributed by atoms with Gasteiger partial charge in [-0.05, 0) is 12.8 Å². The van der Waals surface area contributed by atoms with Crippen molar-refractivity contribution in [2.45, 2.75) is 18.5 Å². The van der Waals surface area contributed by atoms with Crippen LogP contribution < -0.4 is 0 Å². The Morgan fingerprint density at radius 2 is 2.25 bits per heavy atom. The van der Waals surface area contributed by atoms with Gasteiger partial charge in [0, 0.05) is 5.66 Å². The molecule has 0 aromatic heterocycles. The van der Waals surface area contributed by atoms with Crippen molar-refractivity contribution in [2.24, 2.45) is 0 Å². The number of allylic oxidation sites excluding steroid dienone is 2. The molecule has 0 unspecified atom stereocenters. The van der Waals surface area contributed by atoms with E-state index in [9.17, 15) is 0 Å². The zero-order valence-corrected chi connectivity index (χ0v) is 5.38. The quantitative estimate of drug-likeness (QED) is 0.412. The first-order valence-electron chi connectivity index (χ1n) is 2.64. The fourth-order valence-corrected chi connectivity index (χ4v) is 1.46. The third-order valence-corrected chi connectivity index (χ3v) is 2.31. The zero-order valence-electron chi connectivity index (χ0n) is 4.49. The van der Waals surface area contributed by atoms with Crippen LogP contribution in [0, 0.1) is 0 Å². The minimum Gasteiger partial charge on any atom is -0.350 e. The summed E-state index contributed by atoms with van der Waals surface area (Å²) >= 11 is 0. The van der Waals surface area contributed by atoms with Crippen molar-refractivity contribution in [3.05, 3.63) is 12.2 Å². The standard InChI is InChI=1S/C5H9O2P/c6-8(7)5-3-1-2-4-5/h1,3,5-7H,2,4H2/t5-/m1/s1. The number of hydrogen-bond donors (Lipinski definition) is 2. The van der Waals surface area contributed by atoms with Gasteiger partial charge in [0.1, 0.15) is 0 Å². The van der Waals surface area contributed by atoms with Crippen LogP contribution in [-0.2, 0) is 0 Å². The first-order valence-corrected chi connectivity index (χ1v) is 3.96. The van der Waals surface area contributed by atoms with Gasteiger partial charge in [0.25, 0.3) is 0 Å². The molecule has 0 saturated heterocycles. The highest BCUT2D eigenvalue weighted by Crippen LogP contribution is 2.37. The molecule has 0 aromatic carbocycles. The van der Waals surface area contributed by atoms with Gasteiger partial charge in [-0.2, -0.15) is 0 Å². The van der Waals surface area contributed by atoms with Crippen LogP contribution in [0.2, 0.25) is 0 Å². The fraction of sp³-hybridized carbons (Fsp3) is 0.600. The van der Waals surface area contributed by atoms with Crippen molar-refractivity contribution in [2.75, 3.05) is 0 Å². The maximum absolute atomic E-state index is 8.62. The van der Waals surface area contributed by atoms with Crippen LogP contribution in [-0.4, -0.2) is 15.4 Å². The Labute approximate surface area is 49.8 Å². The SMILES string of the molecule is OP(O)[C@@H]1C=CCC1. The topological polar surface area (TPSA) is 40.5 Å². The van der Waals surface area contributed by atoms with Crippen LogP contribution in [0.25, 0.3) is 0 Å². The maximum Gasteiger partial charge on any atom is 0.172 e. The van der Waals surface area contributed by atoms with E-state index in [1.807, 2.05) is 12.2 Å². The lowest BCUT2D eigenvalue weighted by molar-refractivity contribution is 0.472. The van der Waals surface area contributed by atoms with E-state index in [4.69, 9.17) is 9.79 Å². The predicted molar refractivity (Wildman–Crippen MR) is 33.5 cm³/mol. The molecular weight excluding hydrogens is 123 g/mol. The highest BCUT2D eigenvalue weighted by atomic mass is 31.2. The van der Waals surface area contributed by atoms with E-state index >= 15 is 0 Å². The van der Waals surface area contributed by atoms with Gasteiger partial charge >= 0.3 is 0 Å². The summed E-state index contributed by atoms with van der Waals surface area (Å²) in [5, 5.41) is 0. The van der Waals surface area contributed by atoms with Crippen LogP contribution in [0.5, 0.6) is 0 Å². The average molecular weight is 132 g/mol. The summed E-state index contributed by atoms with van der Waals surface area (Å²) in [6.45, 7) is 0. The molecule has 2 N–H and O–H groups in total. The van der Waals surface area contributed by atoms with E-state index < -0.39 is 8.38 Å². The van der Waals surface area contributed by atoms with Gasteiger partial charge in [-0.25, -0.2) is 0 Å². The zero-order chi connectivity index (χ0) is 5.98. The minimum atomic E-state index is -1.69. The third kappa shape index (κ3) is 1.28. The average Bonchev–Trinajstić information content (AvgIpc) is 2.12. The summed E-state index contributed by atoms with van der Waals surface area (Å²) in [7, 11) is -1.69. The molecule has 0 radical (unpaired) electrons. The summed E-state index contributed by atoms with van der Waals surface area (Å²) in [4.78, 5) is 17.2. The maximum atomic E-state index is 8.62. The van der Waals surface area contributed by atoms with Crippen molar-refractivity contribution in [1.82, 2.24) is 0 Å². The Morgan fingerprint density at radius 3 is 2.50 bits per heavy atom. The van der Waals surface area contributed by atoms with E-state index in [1.165, 1.54) is 0 Å². The molecular formula is C5H9O2P. The van der Waals surface area contributed by atoms with Crippen molar-refractivity contribution in [3.63, 3.8) is 0 Å². The minimum absolute atomic E-state index is 0.0602. The Balaban J connectivity index is 2.36. The van der Waals surface area contributed by atoms with E-state index in [0.29, 0.717) is 0 Å². The predicted octanol–water partition coefficient (Wildman–Crippen LogP) is 1.00. The smallest absolute Gasteiger partial charge is 0.172 e. The second kappa shape index (κ2) is 2.58. The van der Waals surface area contributed by atoms with E-state index in [-0.39, 0.29) is 5.66 Å². The first-order chi connectivity index (χ1) is 3.80. The van der Waals surface area contributed by atoms with Crippen molar-refractivity contribution >= 4 is 8.38 Å². The molecule has 0 heterocycles. The van der Waals surface area contributed by atoms with E-state index in [2.05, 4.69) is 0 Å². The lowest BCUT2D eigenvalue weighted by Crippen LogP contribution is -1.94. The van der Waals surface area contributed by atoms with Gasteiger partial charge in [0.05, 0.1) is 0 Å². The summed E-state index contributed by atoms with van der Waals surface area (Å²) in [5.41, 5.74) is 0.0602. The summed E-state index contributed by atoms with van der Waals surface area (Å²) < 4.78 is 0. The van der Waals surface area contributed by atoms with Crippen LogP contribution >= 0.6 is 8.38 Å². The number of hydrogen-bond acceptors (Lipinski definition) is 2. The summed E-state index contributed by atoms with van der Waals surface area (Å²) in [5.74, 6) is 0. The lowest BCUT2D eigenvalue weighted by atomic mass is 10.4. The molecule has 0 saturated carbocycles. The second-order valence-electron chi connectivity index (χ2n) is 1.89. The van der Waals surface area contributed by atoms with Crippen molar-refractivity contribution in [1.29, 1.82) is 0 Å². The summed E-state index contributed by atoms with van der Waals surface area (Å²) in [6, 6.07) is 0. The molecule has 0 spiro atoms. The molecule has 1 aliphatic rings. The molecule has 0 bridgehead atoms. The van der Waals surface area contributed by atoms with Gasteiger partial charge < -0.3 is 9.79 Å². The second-order valence-corrected chi connectivity index (χ2v) is 3.20. The fourth-order valence-electron chi connectivity index (χ4n) is 0.809. The summed E-state index contributed by atoms with van der Waals surface area (Å²) in [6.07, 6.45) is 5.79. The molecule has 1 rings (SSSR count). The van der Waals surface area contributed by atoms with Gasteiger partial charge in [0.15, 0.2) is 8.38 Å². The van der Waals surface area contributed by atoms with Gasteiger partial charge in [-0.1, -0.05) is 12.2 Å². The van der Waals surface area contributed by atoms with Gasteiger partial charge in [-0.3, -0.25) is 0 Å². The molecule has 0 aromatic rings. The molecule has 1 atom stereocenters. The Morgan fingerprint density at radius 1 is 1.50 bits per heavy atom. The van der Waals surface area contributed by atoms with Crippen LogP contribution in [0.15, 0.2) is 12.2 Å². The van der Waals surface area contributed by atoms with E-state index in [0.717, 1.165) is 12.8 Å². The molecule has 46 valence electrons. The van der Waals surface area contributed by atoms with Gasteiger partial charge in [-0.15, -0.1) is 0 Å². The monoisotopic (exact) mass is 132 g/mol. The Bertz CT molecular complexity index is 101. The van der Waals surface area contributed by atoms with Crippen LogP contribution in [0.3, 0.4) is 0 Å². The highest BCUT2D eigenvalue weighted by molar-refractivity contribution is 7.46. The normalized spacial score (nSPS) is 27.6. The molecule has 8 heavy (non-hydrogen) atoms. The molecule has 1 aliphatic carbocycles. The molecule has 2 nitrogen and oxygen atoms in total. The van der Waals surface area contributed by atoms with Gasteiger partial charge in [0.2, 0.25) is 0 Å². The molecule has 0 amide bonds. The van der Waals surface area contributed by atoms with Crippen LogP contribution in [0.1, 0.15) is 12.8 Å². The Hall–Kier alpha value is 0.0900. The third-order valence-electron chi connectivity index (χ3n) is 1.28. The molecule has 0 aliphatic heterocycles. The molecule has 3 heteroatoms. The molecule has 0 fully saturated rings. The van der Waals surface area contributed by atoms with Crippen LogP contribution in [0.4, 0.5) is 0 Å². The Kier molecular flexibility index (Phi) is 2.01. The van der Waals surface area contributed by atoms with Crippen molar-refractivity contribution in [3.8, 4) is 0 Å².